The molecule has 0 amide bonds. The van der Waals surface area contributed by atoms with Gasteiger partial charge in [-0.15, -0.1) is 22.7 Å². The van der Waals surface area contributed by atoms with Crippen LogP contribution in [0, 0.1) is 11.6 Å². The fourth-order valence-corrected chi connectivity index (χ4v) is 7.20. The lowest BCUT2D eigenvalue weighted by molar-refractivity contribution is -0.292. The molecule has 0 aliphatic carbocycles. The average molecular weight is 1090 g/mol. The molecule has 0 unspecified atom stereocenters. The Balaban J connectivity index is 0.000000249. The van der Waals surface area contributed by atoms with Crippen molar-refractivity contribution in [1.82, 2.24) is 29.5 Å². The highest BCUT2D eigenvalue weighted by Gasteiger charge is 2.65. The first kappa shape index (κ1) is 56.7. The number of carbonyl (C=O) groups excluding carboxylic acids is 2. The molecule has 0 radical (unpaired) electrons. The number of carbonyl (C=O) groups is 2. The van der Waals surface area contributed by atoms with E-state index in [2.05, 4.69) is 29.6 Å². The molecule has 0 spiro atoms. The molecule has 0 aliphatic rings. The Morgan fingerprint density at radius 1 is 0.629 bits per heavy atom. The first-order valence-corrected chi connectivity index (χ1v) is 19.9. The Morgan fingerprint density at radius 2 is 1.03 bits per heavy atom. The minimum atomic E-state index is -6.33. The summed E-state index contributed by atoms with van der Waals surface area (Å²) in [6.45, 7) is 0. The molecule has 0 saturated heterocycles. The maximum absolute atomic E-state index is 13.8. The number of aromatic nitrogens is 6. The van der Waals surface area contributed by atoms with Crippen molar-refractivity contribution in [2.75, 3.05) is 14.2 Å². The Kier molecular flexibility index (Phi) is 16.5. The van der Waals surface area contributed by atoms with Gasteiger partial charge < -0.3 is 19.5 Å². The first-order chi connectivity index (χ1) is 31.9. The predicted octanol–water partition coefficient (Wildman–Crippen LogP) is 9.97. The fraction of sp³-hybridized carbons (Fsp3) is 0.278. The number of halogens is 19. The highest BCUT2D eigenvalue weighted by atomic mass is 35.5. The van der Waals surface area contributed by atoms with Crippen LogP contribution in [0.2, 0.25) is 4.47 Å². The second kappa shape index (κ2) is 20.4. The third-order valence-corrected chi connectivity index (χ3v) is 10.6. The zero-order chi connectivity index (χ0) is 53.4. The zero-order valence-corrected chi connectivity index (χ0v) is 36.8. The SMILES string of the molecule is COC(=O)c1cc(-c2nc(-c3c(C(F)(F)F)c(C(F)(F)C(F)(F)F)nn3C)cs2)ccc1F.COC(=O)c1cc(B(O)O)ccc1F.Cn1nc(C(F)(F)C(F)(F)F)c(C(F)(F)F)c1-c1csc(Cl)n1. The number of thiazole rings is 2. The van der Waals surface area contributed by atoms with E-state index in [1.165, 1.54) is 6.07 Å². The van der Waals surface area contributed by atoms with E-state index in [0.717, 1.165) is 69.4 Å². The Hall–Kier alpha value is -5.93. The summed E-state index contributed by atoms with van der Waals surface area (Å²) in [6, 6.07) is 6.19. The zero-order valence-electron chi connectivity index (χ0n) is 34.4. The second-order valence-electron chi connectivity index (χ2n) is 13.3. The van der Waals surface area contributed by atoms with Crippen molar-refractivity contribution in [3.05, 3.63) is 96.9 Å². The van der Waals surface area contributed by atoms with Crippen LogP contribution in [0.25, 0.3) is 33.3 Å². The van der Waals surface area contributed by atoms with Crippen molar-refractivity contribution in [2.24, 2.45) is 14.1 Å². The topological polar surface area (TPSA) is 154 Å². The van der Waals surface area contributed by atoms with Crippen LogP contribution in [0.3, 0.4) is 0 Å². The predicted molar refractivity (Wildman–Crippen MR) is 208 cm³/mol. The van der Waals surface area contributed by atoms with Crippen LogP contribution >= 0.6 is 34.3 Å². The lowest BCUT2D eigenvalue weighted by Crippen LogP contribution is -2.36. The lowest BCUT2D eigenvalue weighted by atomic mass is 9.79. The molecule has 0 saturated carbocycles. The normalized spacial score (nSPS) is 12.5. The van der Waals surface area contributed by atoms with E-state index in [1.807, 2.05) is 0 Å². The van der Waals surface area contributed by atoms with E-state index >= 15 is 0 Å². The third-order valence-electron chi connectivity index (χ3n) is 8.75. The fourth-order valence-electron chi connectivity index (χ4n) is 5.65. The summed E-state index contributed by atoms with van der Waals surface area (Å²) >= 11 is 6.83. The lowest BCUT2D eigenvalue weighted by Gasteiger charge is -2.19. The summed E-state index contributed by atoms with van der Waals surface area (Å²) in [5, 5.41) is 25.0. The highest BCUT2D eigenvalue weighted by molar-refractivity contribution is 7.14. The van der Waals surface area contributed by atoms with Crippen LogP contribution in [-0.4, -0.2) is 85.2 Å². The van der Waals surface area contributed by atoms with Gasteiger partial charge in [0.15, 0.2) is 15.9 Å². The largest absolute Gasteiger partial charge is 0.488 e. The van der Waals surface area contributed by atoms with Gasteiger partial charge in [-0.1, -0.05) is 17.7 Å². The molecule has 4 aromatic heterocycles. The van der Waals surface area contributed by atoms with Gasteiger partial charge in [0.25, 0.3) is 0 Å². The number of methoxy groups -OCH3 is 2. The van der Waals surface area contributed by atoms with Gasteiger partial charge in [0.2, 0.25) is 0 Å². The second-order valence-corrected chi connectivity index (χ2v) is 15.6. The number of aryl methyl sites for hydroxylation is 2. The van der Waals surface area contributed by atoms with E-state index in [1.54, 1.807) is 0 Å². The number of nitrogens with zero attached hydrogens (tertiary/aromatic N) is 6. The summed E-state index contributed by atoms with van der Waals surface area (Å²) in [7, 11) is 1.93. The average Bonchev–Trinajstić information content (AvgIpc) is 4.05. The molecule has 4 heterocycles. The number of benzene rings is 2. The molecule has 0 bridgehead atoms. The Bertz CT molecular complexity index is 2870. The molecule has 0 fully saturated rings. The van der Waals surface area contributed by atoms with Crippen molar-refractivity contribution in [3.8, 4) is 33.3 Å². The Labute approximate surface area is 390 Å². The molecular formula is C36H22BClF18N6O6S2. The molecule has 0 aliphatic heterocycles. The molecule has 380 valence electrons. The van der Waals surface area contributed by atoms with E-state index in [9.17, 15) is 88.6 Å². The van der Waals surface area contributed by atoms with Gasteiger partial charge in [0, 0.05) is 30.4 Å². The van der Waals surface area contributed by atoms with Gasteiger partial charge in [-0.2, -0.15) is 80.4 Å². The van der Waals surface area contributed by atoms with Gasteiger partial charge in [-0.3, -0.25) is 9.36 Å². The van der Waals surface area contributed by atoms with Crippen molar-refractivity contribution >= 4 is 58.8 Å². The summed E-state index contributed by atoms with van der Waals surface area (Å²) in [5.41, 5.74) is -13.4. The number of hydrogen-bond acceptors (Lipinski definition) is 12. The van der Waals surface area contributed by atoms with E-state index in [4.69, 9.17) is 21.6 Å². The molecule has 2 N–H and O–H groups in total. The van der Waals surface area contributed by atoms with Gasteiger partial charge in [-0.05, 0) is 35.8 Å². The van der Waals surface area contributed by atoms with Crippen LogP contribution in [-0.2, 0) is 47.8 Å². The van der Waals surface area contributed by atoms with Gasteiger partial charge in [0.1, 0.15) is 44.9 Å². The van der Waals surface area contributed by atoms with E-state index in [-0.39, 0.29) is 35.4 Å². The molecule has 2 aromatic carbocycles. The minimum absolute atomic E-state index is 0.0341. The molecule has 70 heavy (non-hydrogen) atoms. The maximum Gasteiger partial charge on any atom is 0.488 e. The van der Waals surface area contributed by atoms with Crippen LogP contribution in [0.1, 0.15) is 43.2 Å². The monoisotopic (exact) mass is 1090 g/mol. The van der Waals surface area contributed by atoms with Crippen LogP contribution in [0.5, 0.6) is 0 Å². The number of rotatable bonds is 8. The minimum Gasteiger partial charge on any atom is -0.465 e. The van der Waals surface area contributed by atoms with Crippen molar-refractivity contribution in [1.29, 1.82) is 0 Å². The van der Waals surface area contributed by atoms with Gasteiger partial charge >= 0.3 is 55.6 Å². The summed E-state index contributed by atoms with van der Waals surface area (Å²) in [4.78, 5) is 30.0. The molecule has 6 rings (SSSR count). The molecular weight excluding hydrogens is 1060 g/mol. The first-order valence-electron chi connectivity index (χ1n) is 17.8. The van der Waals surface area contributed by atoms with Crippen molar-refractivity contribution in [2.45, 2.75) is 36.6 Å². The standard InChI is InChI=1S/C18H10F9N3O2S.C10H4ClF8N3S.C8H8BFO4/c1-30-12(11(17(22,23)24)13(29-30)16(20,21)18(25,26)27)10-6-33-14(28-10)7-3-4-9(19)8(5-7)15(31)32-2;1-22-5(3-2-23-7(11)20-3)4(9(14,15)16)6(21-22)8(12,13)10(17,18)19;1-14-8(11)6-4-5(9(12)13)2-3-7(6)10/h3-6H,1-2H3;2H,1H3;2-4,12-13H,1H3. The number of ether oxygens (including phenoxy) is 2. The van der Waals surface area contributed by atoms with E-state index < -0.39 is 118 Å². The highest BCUT2D eigenvalue weighted by Crippen LogP contribution is 2.52. The smallest absolute Gasteiger partial charge is 0.465 e. The molecule has 0 atom stereocenters. The van der Waals surface area contributed by atoms with Gasteiger partial charge in [0.05, 0.1) is 31.0 Å². The van der Waals surface area contributed by atoms with Crippen LogP contribution < -0.4 is 5.46 Å². The van der Waals surface area contributed by atoms with Crippen molar-refractivity contribution in [3.63, 3.8) is 0 Å². The number of esters is 2. The molecule has 12 nitrogen and oxygen atoms in total. The summed E-state index contributed by atoms with van der Waals surface area (Å²) in [5.74, 6) is -15.3. The number of hydrogen-bond donors (Lipinski definition) is 2. The van der Waals surface area contributed by atoms with E-state index in [0.29, 0.717) is 22.7 Å². The summed E-state index contributed by atoms with van der Waals surface area (Å²) < 4.78 is 246. The maximum atomic E-state index is 13.8. The summed E-state index contributed by atoms with van der Waals surface area (Å²) in [6.07, 6.45) is -23.7. The van der Waals surface area contributed by atoms with Crippen LogP contribution in [0.15, 0.2) is 47.2 Å². The third kappa shape index (κ3) is 11.8. The van der Waals surface area contributed by atoms with Crippen molar-refractivity contribution < 1.29 is 108 Å². The molecule has 34 heteroatoms. The van der Waals surface area contributed by atoms with Crippen LogP contribution in [0.4, 0.5) is 79.0 Å². The van der Waals surface area contributed by atoms with Gasteiger partial charge in [-0.25, -0.2) is 28.3 Å². The molecule has 6 aromatic rings. The Morgan fingerprint density at radius 3 is 1.40 bits per heavy atom. The quantitative estimate of drug-likeness (QED) is 0.0856. The number of alkyl halides is 16.